The van der Waals surface area contributed by atoms with Crippen LogP contribution in [0.5, 0.6) is 0 Å². The SMILES string of the molecule is O=C(Nc1nnc(-c2cccnc2)s1)c1ccccc1Br. The van der Waals surface area contributed by atoms with Gasteiger partial charge in [0.05, 0.1) is 5.56 Å². The number of benzene rings is 1. The van der Waals surface area contributed by atoms with Gasteiger partial charge in [0.1, 0.15) is 0 Å². The zero-order valence-corrected chi connectivity index (χ0v) is 13.1. The number of pyridine rings is 1. The third-order valence-corrected chi connectivity index (χ3v) is 4.25. The van der Waals surface area contributed by atoms with Crippen LogP contribution in [0, 0.1) is 0 Å². The van der Waals surface area contributed by atoms with Crippen LogP contribution in [-0.4, -0.2) is 21.1 Å². The van der Waals surface area contributed by atoms with Gasteiger partial charge in [-0.2, -0.15) is 0 Å². The van der Waals surface area contributed by atoms with E-state index in [0.717, 1.165) is 10.0 Å². The third kappa shape index (κ3) is 3.14. The van der Waals surface area contributed by atoms with E-state index < -0.39 is 0 Å². The molecule has 3 rings (SSSR count). The van der Waals surface area contributed by atoms with E-state index in [-0.39, 0.29) is 5.91 Å². The van der Waals surface area contributed by atoms with Gasteiger partial charge in [-0.05, 0) is 40.2 Å². The molecule has 1 aromatic carbocycles. The number of anilines is 1. The molecular weight excluding hydrogens is 352 g/mol. The van der Waals surface area contributed by atoms with E-state index in [0.29, 0.717) is 15.7 Å². The fourth-order valence-electron chi connectivity index (χ4n) is 1.69. The highest BCUT2D eigenvalue weighted by molar-refractivity contribution is 9.10. The molecule has 0 atom stereocenters. The predicted molar refractivity (Wildman–Crippen MR) is 85.2 cm³/mol. The number of carbonyl (C=O) groups is 1. The summed E-state index contributed by atoms with van der Waals surface area (Å²) in [5, 5.41) is 12.0. The molecule has 0 radical (unpaired) electrons. The lowest BCUT2D eigenvalue weighted by molar-refractivity contribution is 0.102. The summed E-state index contributed by atoms with van der Waals surface area (Å²) >= 11 is 4.66. The van der Waals surface area contributed by atoms with Crippen molar-refractivity contribution in [1.29, 1.82) is 0 Å². The molecule has 0 fully saturated rings. The molecular formula is C14H9BrN4OS. The van der Waals surface area contributed by atoms with Gasteiger partial charge in [-0.1, -0.05) is 23.5 Å². The van der Waals surface area contributed by atoms with Crippen molar-refractivity contribution in [1.82, 2.24) is 15.2 Å². The normalized spacial score (nSPS) is 10.3. The van der Waals surface area contributed by atoms with Crippen molar-refractivity contribution < 1.29 is 4.79 Å². The number of hydrogen-bond acceptors (Lipinski definition) is 5. The van der Waals surface area contributed by atoms with Crippen LogP contribution in [0.15, 0.2) is 53.3 Å². The molecule has 104 valence electrons. The van der Waals surface area contributed by atoms with Crippen LogP contribution < -0.4 is 5.32 Å². The summed E-state index contributed by atoms with van der Waals surface area (Å²) in [4.78, 5) is 16.2. The van der Waals surface area contributed by atoms with Crippen molar-refractivity contribution in [2.45, 2.75) is 0 Å². The number of halogens is 1. The van der Waals surface area contributed by atoms with Crippen LogP contribution in [0.2, 0.25) is 0 Å². The Balaban J connectivity index is 1.79. The molecule has 0 aliphatic carbocycles. The van der Waals surface area contributed by atoms with Crippen LogP contribution in [0.1, 0.15) is 10.4 Å². The maximum Gasteiger partial charge on any atom is 0.258 e. The standard InChI is InChI=1S/C14H9BrN4OS/c15-11-6-2-1-5-10(11)12(20)17-14-19-18-13(21-14)9-4-3-7-16-8-9/h1-8H,(H,17,19,20). The molecule has 0 aliphatic rings. The Morgan fingerprint density at radius 3 is 2.76 bits per heavy atom. The number of hydrogen-bond donors (Lipinski definition) is 1. The molecule has 0 spiro atoms. The smallest absolute Gasteiger partial charge is 0.258 e. The second kappa shape index (κ2) is 6.11. The fourth-order valence-corrected chi connectivity index (χ4v) is 2.88. The molecule has 3 aromatic rings. The lowest BCUT2D eigenvalue weighted by atomic mass is 10.2. The van der Waals surface area contributed by atoms with Crippen LogP contribution in [0.3, 0.4) is 0 Å². The van der Waals surface area contributed by atoms with E-state index >= 15 is 0 Å². The quantitative estimate of drug-likeness (QED) is 0.774. The minimum atomic E-state index is -0.226. The summed E-state index contributed by atoms with van der Waals surface area (Å²) in [5.74, 6) is -0.226. The van der Waals surface area contributed by atoms with E-state index in [1.807, 2.05) is 24.3 Å². The summed E-state index contributed by atoms with van der Waals surface area (Å²) in [6.45, 7) is 0. The Kier molecular flexibility index (Phi) is 4.03. The number of aromatic nitrogens is 3. The van der Waals surface area contributed by atoms with E-state index in [2.05, 4.69) is 36.4 Å². The van der Waals surface area contributed by atoms with E-state index in [9.17, 15) is 4.79 Å². The van der Waals surface area contributed by atoms with Crippen molar-refractivity contribution >= 4 is 38.3 Å². The molecule has 0 saturated carbocycles. The van der Waals surface area contributed by atoms with Crippen LogP contribution >= 0.6 is 27.3 Å². The minimum absolute atomic E-state index is 0.226. The molecule has 7 heteroatoms. The van der Waals surface area contributed by atoms with Gasteiger partial charge in [0.15, 0.2) is 5.01 Å². The van der Waals surface area contributed by atoms with Gasteiger partial charge in [-0.25, -0.2) is 0 Å². The molecule has 0 saturated heterocycles. The monoisotopic (exact) mass is 360 g/mol. The van der Waals surface area contributed by atoms with Crippen LogP contribution in [-0.2, 0) is 0 Å². The first-order chi connectivity index (χ1) is 10.2. The van der Waals surface area contributed by atoms with E-state index in [1.54, 1.807) is 24.5 Å². The molecule has 0 bridgehead atoms. The Hall–Kier alpha value is -2.12. The maximum atomic E-state index is 12.2. The van der Waals surface area contributed by atoms with Gasteiger partial charge in [0.25, 0.3) is 5.91 Å². The molecule has 5 nitrogen and oxygen atoms in total. The summed E-state index contributed by atoms with van der Waals surface area (Å²) in [6.07, 6.45) is 3.40. The number of nitrogens with one attached hydrogen (secondary N) is 1. The number of amides is 1. The van der Waals surface area contributed by atoms with Crippen molar-refractivity contribution in [2.75, 3.05) is 5.32 Å². The van der Waals surface area contributed by atoms with Gasteiger partial charge < -0.3 is 0 Å². The first kappa shape index (κ1) is 13.8. The molecule has 2 heterocycles. The molecule has 1 amide bonds. The van der Waals surface area contributed by atoms with Crippen molar-refractivity contribution in [3.8, 4) is 10.6 Å². The summed E-state index contributed by atoms with van der Waals surface area (Å²) < 4.78 is 0.736. The minimum Gasteiger partial charge on any atom is -0.296 e. The van der Waals surface area contributed by atoms with E-state index in [4.69, 9.17) is 0 Å². The Labute approximate surface area is 133 Å². The number of nitrogens with zero attached hydrogens (tertiary/aromatic N) is 3. The summed E-state index contributed by atoms with van der Waals surface area (Å²) in [5.41, 5.74) is 1.42. The maximum absolute atomic E-state index is 12.2. The van der Waals surface area contributed by atoms with Gasteiger partial charge in [0, 0.05) is 22.4 Å². The fraction of sp³-hybridized carbons (Fsp3) is 0. The first-order valence-electron chi connectivity index (χ1n) is 6.04. The first-order valence-corrected chi connectivity index (χ1v) is 7.65. The van der Waals surface area contributed by atoms with Crippen LogP contribution in [0.4, 0.5) is 5.13 Å². The van der Waals surface area contributed by atoms with Crippen molar-refractivity contribution in [3.63, 3.8) is 0 Å². The summed E-state index contributed by atoms with van der Waals surface area (Å²) in [7, 11) is 0. The average Bonchev–Trinajstić information content (AvgIpc) is 2.97. The Bertz CT molecular complexity index is 775. The topological polar surface area (TPSA) is 67.8 Å². The second-order valence-corrected chi connectivity index (χ2v) is 5.92. The number of carbonyl (C=O) groups excluding carboxylic acids is 1. The molecule has 0 unspecified atom stereocenters. The lowest BCUT2D eigenvalue weighted by Crippen LogP contribution is -2.12. The molecule has 21 heavy (non-hydrogen) atoms. The molecule has 1 N–H and O–H groups in total. The van der Waals surface area contributed by atoms with Crippen LogP contribution in [0.25, 0.3) is 10.6 Å². The van der Waals surface area contributed by atoms with Gasteiger partial charge in [-0.15, -0.1) is 10.2 Å². The molecule has 0 aliphatic heterocycles. The van der Waals surface area contributed by atoms with Crippen molar-refractivity contribution in [3.05, 3.63) is 58.8 Å². The summed E-state index contributed by atoms with van der Waals surface area (Å²) in [6, 6.07) is 10.9. The van der Waals surface area contributed by atoms with Crippen molar-refractivity contribution in [2.24, 2.45) is 0 Å². The highest BCUT2D eigenvalue weighted by Crippen LogP contribution is 2.26. The van der Waals surface area contributed by atoms with Gasteiger partial charge in [-0.3, -0.25) is 15.1 Å². The Morgan fingerprint density at radius 2 is 2.00 bits per heavy atom. The van der Waals surface area contributed by atoms with Gasteiger partial charge >= 0.3 is 0 Å². The number of rotatable bonds is 3. The van der Waals surface area contributed by atoms with E-state index in [1.165, 1.54) is 11.3 Å². The Morgan fingerprint density at radius 1 is 1.14 bits per heavy atom. The lowest BCUT2D eigenvalue weighted by Gasteiger charge is -2.02. The molecule has 2 aromatic heterocycles. The average molecular weight is 361 g/mol. The zero-order chi connectivity index (χ0) is 14.7. The largest absolute Gasteiger partial charge is 0.296 e. The third-order valence-electron chi connectivity index (χ3n) is 2.67. The highest BCUT2D eigenvalue weighted by atomic mass is 79.9. The second-order valence-electron chi connectivity index (χ2n) is 4.09. The zero-order valence-electron chi connectivity index (χ0n) is 10.7. The van der Waals surface area contributed by atoms with Gasteiger partial charge in [0.2, 0.25) is 5.13 Å². The predicted octanol–water partition coefficient (Wildman–Crippen LogP) is 3.61. The highest BCUT2D eigenvalue weighted by Gasteiger charge is 2.13.